The standard InChI is InChI=1S/C24H35N3O5S/c1-7-24(5,6)26-23(29)22(17(2)3)27(16-19-9-8-14-32-19)21(28)15-25-33(30,31)20-12-10-18(4)11-13-20/h8-14,17,22,25H,7,15-16H2,1-6H3,(H,26,29)/t22-/m1/s1. The number of sulfonamides is 1. The summed E-state index contributed by atoms with van der Waals surface area (Å²) in [6.45, 7) is 10.9. The Kier molecular flexibility index (Phi) is 8.85. The molecule has 182 valence electrons. The van der Waals surface area contributed by atoms with Crippen LogP contribution < -0.4 is 10.0 Å². The second-order valence-corrected chi connectivity index (χ2v) is 10.9. The first-order valence-corrected chi connectivity index (χ1v) is 12.5. The van der Waals surface area contributed by atoms with Gasteiger partial charge in [-0.25, -0.2) is 13.1 Å². The number of aryl methyl sites for hydroxylation is 1. The van der Waals surface area contributed by atoms with E-state index in [-0.39, 0.29) is 23.3 Å². The quantitative estimate of drug-likeness (QED) is 0.517. The Labute approximate surface area is 196 Å². The molecule has 1 aromatic carbocycles. The number of carbonyl (C=O) groups excluding carboxylic acids is 2. The van der Waals surface area contributed by atoms with Crippen molar-refractivity contribution in [3.8, 4) is 0 Å². The highest BCUT2D eigenvalue weighted by Crippen LogP contribution is 2.19. The molecule has 9 heteroatoms. The number of rotatable bonds is 11. The molecule has 1 aromatic heterocycles. The van der Waals surface area contributed by atoms with E-state index in [2.05, 4.69) is 10.0 Å². The Morgan fingerprint density at radius 3 is 2.27 bits per heavy atom. The minimum absolute atomic E-state index is 0.0426. The van der Waals surface area contributed by atoms with Crippen LogP contribution >= 0.6 is 0 Å². The van der Waals surface area contributed by atoms with E-state index in [0.717, 1.165) is 5.56 Å². The lowest BCUT2D eigenvalue weighted by molar-refractivity contribution is -0.143. The topological polar surface area (TPSA) is 109 Å². The zero-order valence-electron chi connectivity index (χ0n) is 20.2. The first kappa shape index (κ1) is 26.6. The summed E-state index contributed by atoms with van der Waals surface area (Å²) in [5.41, 5.74) is 0.479. The fraction of sp³-hybridized carbons (Fsp3) is 0.500. The van der Waals surface area contributed by atoms with E-state index in [4.69, 9.17) is 4.42 Å². The number of nitrogens with zero attached hydrogens (tertiary/aromatic N) is 1. The first-order valence-electron chi connectivity index (χ1n) is 11.1. The summed E-state index contributed by atoms with van der Waals surface area (Å²) in [5.74, 6) is -0.536. The van der Waals surface area contributed by atoms with Crippen LogP contribution in [0.3, 0.4) is 0 Å². The second-order valence-electron chi connectivity index (χ2n) is 9.15. The van der Waals surface area contributed by atoms with Crippen molar-refractivity contribution in [2.24, 2.45) is 5.92 Å². The molecular weight excluding hydrogens is 442 g/mol. The minimum Gasteiger partial charge on any atom is -0.467 e. The van der Waals surface area contributed by atoms with Gasteiger partial charge in [0.25, 0.3) is 0 Å². The Balaban J connectivity index is 2.28. The third-order valence-electron chi connectivity index (χ3n) is 5.55. The molecule has 2 aromatic rings. The van der Waals surface area contributed by atoms with Crippen molar-refractivity contribution in [3.63, 3.8) is 0 Å². The number of benzene rings is 1. The average Bonchev–Trinajstić information content (AvgIpc) is 3.24. The monoisotopic (exact) mass is 477 g/mol. The summed E-state index contributed by atoms with van der Waals surface area (Å²) in [7, 11) is -3.89. The smallest absolute Gasteiger partial charge is 0.243 e. The normalized spacial score (nSPS) is 13.1. The molecule has 1 heterocycles. The van der Waals surface area contributed by atoms with Gasteiger partial charge < -0.3 is 14.6 Å². The van der Waals surface area contributed by atoms with Gasteiger partial charge in [-0.3, -0.25) is 9.59 Å². The Morgan fingerprint density at radius 2 is 1.76 bits per heavy atom. The molecule has 0 aliphatic carbocycles. The molecule has 0 fully saturated rings. The molecule has 33 heavy (non-hydrogen) atoms. The summed E-state index contributed by atoms with van der Waals surface area (Å²) < 4.78 is 33.1. The fourth-order valence-corrected chi connectivity index (χ4v) is 4.25. The molecule has 1 atom stereocenters. The molecule has 0 saturated carbocycles. The Bertz CT molecular complexity index is 1030. The van der Waals surface area contributed by atoms with E-state index in [1.807, 2.05) is 41.5 Å². The number of hydrogen-bond acceptors (Lipinski definition) is 5. The van der Waals surface area contributed by atoms with E-state index in [1.165, 1.54) is 23.3 Å². The zero-order valence-corrected chi connectivity index (χ0v) is 21.0. The summed E-state index contributed by atoms with van der Waals surface area (Å²) in [4.78, 5) is 27.9. The third-order valence-corrected chi connectivity index (χ3v) is 6.97. The Morgan fingerprint density at radius 1 is 1.12 bits per heavy atom. The van der Waals surface area contributed by atoms with Crippen LogP contribution in [-0.2, 0) is 26.2 Å². The second kappa shape index (κ2) is 11.0. The lowest BCUT2D eigenvalue weighted by Crippen LogP contribution is -2.57. The average molecular weight is 478 g/mol. The number of furan rings is 1. The SMILES string of the molecule is CCC(C)(C)NC(=O)[C@@H](C(C)C)N(Cc1ccco1)C(=O)CNS(=O)(=O)c1ccc(C)cc1. The molecular formula is C24H35N3O5S. The molecule has 0 unspecified atom stereocenters. The highest BCUT2D eigenvalue weighted by molar-refractivity contribution is 7.89. The van der Waals surface area contributed by atoms with Crippen molar-refractivity contribution in [1.29, 1.82) is 0 Å². The van der Waals surface area contributed by atoms with E-state index >= 15 is 0 Å². The van der Waals surface area contributed by atoms with Crippen molar-refractivity contribution >= 4 is 21.8 Å². The molecule has 0 radical (unpaired) electrons. The van der Waals surface area contributed by atoms with Crippen LogP contribution in [0.15, 0.2) is 52.0 Å². The van der Waals surface area contributed by atoms with Crippen molar-refractivity contribution < 1.29 is 22.4 Å². The summed E-state index contributed by atoms with van der Waals surface area (Å²) in [6.07, 6.45) is 2.20. The molecule has 0 aliphatic rings. The van der Waals surface area contributed by atoms with Gasteiger partial charge in [0.2, 0.25) is 21.8 Å². The van der Waals surface area contributed by atoms with Gasteiger partial charge in [0.15, 0.2) is 0 Å². The fourth-order valence-electron chi connectivity index (χ4n) is 3.27. The third kappa shape index (κ3) is 7.43. The van der Waals surface area contributed by atoms with Crippen LogP contribution in [0, 0.1) is 12.8 Å². The van der Waals surface area contributed by atoms with Gasteiger partial charge in [-0.15, -0.1) is 0 Å². The largest absolute Gasteiger partial charge is 0.467 e. The van der Waals surface area contributed by atoms with E-state index in [1.54, 1.807) is 24.3 Å². The maximum Gasteiger partial charge on any atom is 0.243 e. The van der Waals surface area contributed by atoms with Gasteiger partial charge in [0, 0.05) is 5.54 Å². The number of amides is 2. The summed E-state index contributed by atoms with van der Waals surface area (Å²) >= 11 is 0. The summed E-state index contributed by atoms with van der Waals surface area (Å²) in [5, 5.41) is 3.00. The van der Waals surface area contributed by atoms with Crippen LogP contribution in [0.2, 0.25) is 0 Å². The minimum atomic E-state index is -3.89. The zero-order chi connectivity index (χ0) is 24.8. The van der Waals surface area contributed by atoms with Crippen LogP contribution in [-0.4, -0.2) is 43.3 Å². The van der Waals surface area contributed by atoms with Crippen molar-refractivity contribution in [3.05, 3.63) is 54.0 Å². The molecule has 2 N–H and O–H groups in total. The predicted octanol–water partition coefficient (Wildman–Crippen LogP) is 3.22. The van der Waals surface area contributed by atoms with Gasteiger partial charge in [-0.05, 0) is 57.4 Å². The van der Waals surface area contributed by atoms with Crippen LogP contribution in [0.5, 0.6) is 0 Å². The highest BCUT2D eigenvalue weighted by Gasteiger charge is 2.35. The lowest BCUT2D eigenvalue weighted by Gasteiger charge is -2.36. The van der Waals surface area contributed by atoms with Crippen LogP contribution in [0.1, 0.15) is 52.4 Å². The lowest BCUT2D eigenvalue weighted by atomic mass is 9.97. The Hall–Kier alpha value is -2.65. The van der Waals surface area contributed by atoms with Gasteiger partial charge in [0.05, 0.1) is 24.2 Å². The van der Waals surface area contributed by atoms with Gasteiger partial charge >= 0.3 is 0 Å². The molecule has 0 spiro atoms. The predicted molar refractivity (Wildman–Crippen MR) is 127 cm³/mol. The number of nitrogens with one attached hydrogen (secondary N) is 2. The van der Waals surface area contributed by atoms with Crippen molar-refractivity contribution in [2.45, 2.75) is 71.0 Å². The van der Waals surface area contributed by atoms with Crippen molar-refractivity contribution in [2.75, 3.05) is 6.54 Å². The molecule has 8 nitrogen and oxygen atoms in total. The van der Waals surface area contributed by atoms with Gasteiger partial charge in [-0.1, -0.05) is 38.5 Å². The van der Waals surface area contributed by atoms with E-state index in [0.29, 0.717) is 12.2 Å². The maximum atomic E-state index is 13.3. The molecule has 2 rings (SSSR count). The molecule has 0 aliphatic heterocycles. The molecule has 0 saturated heterocycles. The van der Waals surface area contributed by atoms with E-state index < -0.39 is 34.1 Å². The van der Waals surface area contributed by atoms with Gasteiger partial charge in [-0.2, -0.15) is 0 Å². The first-order chi connectivity index (χ1) is 15.4. The van der Waals surface area contributed by atoms with Gasteiger partial charge in [0.1, 0.15) is 11.8 Å². The molecule has 2 amide bonds. The number of carbonyl (C=O) groups is 2. The van der Waals surface area contributed by atoms with Crippen LogP contribution in [0.4, 0.5) is 0 Å². The van der Waals surface area contributed by atoms with Crippen LogP contribution in [0.25, 0.3) is 0 Å². The molecule has 0 bridgehead atoms. The maximum absolute atomic E-state index is 13.3. The highest BCUT2D eigenvalue weighted by atomic mass is 32.2. The van der Waals surface area contributed by atoms with E-state index in [9.17, 15) is 18.0 Å². The number of hydrogen-bond donors (Lipinski definition) is 2. The van der Waals surface area contributed by atoms with Crippen molar-refractivity contribution in [1.82, 2.24) is 14.9 Å². The summed E-state index contributed by atoms with van der Waals surface area (Å²) in [6, 6.07) is 8.95.